The third kappa shape index (κ3) is 23.4. The fourth-order valence-corrected chi connectivity index (χ4v) is 13.9. The van der Waals surface area contributed by atoms with E-state index in [1.165, 1.54) is 72.0 Å². The van der Waals surface area contributed by atoms with Crippen LogP contribution >= 0.6 is 0 Å². The number of aromatic hydroxyl groups is 3. The van der Waals surface area contributed by atoms with Crippen LogP contribution in [-0.2, 0) is 78.3 Å². The number of nitrogens with zero attached hydrogens (tertiary/aromatic N) is 3. The van der Waals surface area contributed by atoms with Gasteiger partial charge in [-0.05, 0) is 161 Å². The van der Waals surface area contributed by atoms with Gasteiger partial charge in [-0.25, -0.2) is 29.3 Å². The van der Waals surface area contributed by atoms with Crippen molar-refractivity contribution in [3.63, 3.8) is 0 Å². The first-order valence-corrected chi connectivity index (χ1v) is 38.0. The molecule has 23 heteroatoms. The van der Waals surface area contributed by atoms with E-state index in [-0.39, 0.29) is 52.1 Å². The highest BCUT2D eigenvalue weighted by Crippen LogP contribution is 2.36. The van der Waals surface area contributed by atoms with Crippen molar-refractivity contribution in [2.45, 2.75) is 156 Å². The Hall–Kier alpha value is -11.9. The van der Waals surface area contributed by atoms with Crippen molar-refractivity contribution < 1.29 is 82.0 Å². The van der Waals surface area contributed by atoms with E-state index < -0.39 is 101 Å². The monoisotopic (exact) mass is 1540 g/mol. The van der Waals surface area contributed by atoms with Crippen molar-refractivity contribution in [1.82, 2.24) is 30.9 Å². The van der Waals surface area contributed by atoms with E-state index in [1.807, 2.05) is 126 Å². The molecule has 0 bridgehead atoms. The molecular formula is C90H104N6O17. The number of hydrogen-bond acceptors (Lipinski definition) is 20. The molecule has 9 atom stereocenters. The van der Waals surface area contributed by atoms with E-state index in [9.17, 15) is 44.1 Å². The van der Waals surface area contributed by atoms with Crippen molar-refractivity contribution in [3.05, 3.63) is 250 Å². The lowest BCUT2D eigenvalue weighted by Crippen LogP contribution is -2.47. The number of methoxy groups -OCH3 is 4. The number of nitrogens with one attached hydrogen (secondary N) is 3. The summed E-state index contributed by atoms with van der Waals surface area (Å²) in [6.07, 6.45) is 6.40. The molecule has 9 aromatic rings. The van der Waals surface area contributed by atoms with Crippen LogP contribution in [-0.4, -0.2) is 143 Å². The Morgan fingerprint density at radius 2 is 0.796 bits per heavy atom. The molecule has 0 saturated heterocycles. The Kier molecular flexibility index (Phi) is 30.4. The minimum atomic E-state index is -1.14. The summed E-state index contributed by atoms with van der Waals surface area (Å²) >= 11 is 0. The molecule has 113 heavy (non-hydrogen) atoms. The standard InChI is InChI=1S/C90H104N6O17/c1-54(2)77(96-86(102)80-83(99)76(109-13)40-43-93-80)89(105)112-58(6)69(45-61-23-16-14-17-24-61)50-64-27-20-30-67(48-64)68-31-21-28-65(49-68)51-70(57(5)111-87(103)55(3)94-84(100)78-81(97)74(107-11)38-41-91-78)46-63-34-32-60(33-35-63)29-22-44-110-90(8,9)72(53-66-36-37-73(106-10)71(52-66)47-62-25-18-15-19-26-62)59(7)113-88(104)56(4)95-85(101)79-82(98)75(108-12)39-42-92-79/h14-21,23-28,30-43,48-49,52,54-59,69-70,72,77,97-99H,22,29,44-47,50-51,53H2,1-13H3,(H,94,100)(H,95,101)(H,96,102)/t55-,56-,57?,58?,59-,69?,70?,72-,77-/m0/s1. The molecule has 6 aromatic carbocycles. The Bertz CT molecular complexity index is 4690. The zero-order valence-corrected chi connectivity index (χ0v) is 66.4. The number of benzene rings is 6. The maximum atomic E-state index is 14.1. The Balaban J connectivity index is 0.904. The molecule has 0 aliphatic heterocycles. The van der Waals surface area contributed by atoms with Gasteiger partial charge >= 0.3 is 17.9 Å². The van der Waals surface area contributed by atoms with Gasteiger partial charge in [0.1, 0.15) is 42.2 Å². The highest BCUT2D eigenvalue weighted by Gasteiger charge is 2.39. The number of amides is 3. The van der Waals surface area contributed by atoms with Gasteiger partial charge in [-0.2, -0.15) is 0 Å². The van der Waals surface area contributed by atoms with Gasteiger partial charge < -0.3 is 69.2 Å². The van der Waals surface area contributed by atoms with Crippen LogP contribution < -0.4 is 34.9 Å². The SMILES string of the molecule is COc1ccc(C[C@@H]([C@H](C)OC(=O)[C@H](C)NC(=O)c2nccc(OC)c2O)C(C)(C)OCCCc2ccc(CC(Cc3cccc(-c4cccc(CC(Cc5ccccc5)C(C)OC(=O)[C@@H](NC(=O)c5nccc(OC)c5O)C(C)C)c4)c3)C(C)OC(=O)[C@H](C)NC(=O)c3nccc(OC)c3O)cc2)cc1Cc1ccccc1. The van der Waals surface area contributed by atoms with E-state index in [0.717, 1.165) is 61.4 Å². The molecule has 0 radical (unpaired) electrons. The number of rotatable bonds is 39. The number of esters is 3. The van der Waals surface area contributed by atoms with E-state index >= 15 is 0 Å². The van der Waals surface area contributed by atoms with Crippen LogP contribution in [0.15, 0.2) is 188 Å². The maximum absolute atomic E-state index is 14.1. The smallest absolute Gasteiger partial charge is 0.329 e. The van der Waals surface area contributed by atoms with Gasteiger partial charge in [0, 0.05) is 67.6 Å². The van der Waals surface area contributed by atoms with Crippen molar-refractivity contribution in [1.29, 1.82) is 0 Å². The Morgan fingerprint density at radius 1 is 0.407 bits per heavy atom. The van der Waals surface area contributed by atoms with E-state index in [0.29, 0.717) is 58.0 Å². The van der Waals surface area contributed by atoms with Crippen LogP contribution in [0, 0.1) is 23.7 Å². The van der Waals surface area contributed by atoms with Crippen LogP contribution in [0.2, 0.25) is 0 Å². The van der Waals surface area contributed by atoms with Gasteiger partial charge in [0.25, 0.3) is 17.7 Å². The largest absolute Gasteiger partial charge is 0.503 e. The second kappa shape index (κ2) is 40.4. The highest BCUT2D eigenvalue weighted by molar-refractivity contribution is 5.99. The number of hydrogen-bond donors (Lipinski definition) is 6. The molecule has 3 amide bonds. The topological polar surface area (TPSA) is 312 Å². The zero-order chi connectivity index (χ0) is 81.5. The summed E-state index contributed by atoms with van der Waals surface area (Å²) in [5.74, 6) is -6.10. The fraction of sp³-hybridized carbons (Fsp3) is 0.367. The molecule has 3 aromatic heterocycles. The van der Waals surface area contributed by atoms with Crippen LogP contribution in [0.4, 0.5) is 0 Å². The van der Waals surface area contributed by atoms with Crippen molar-refractivity contribution in [2.24, 2.45) is 23.7 Å². The number of ether oxygens (including phenoxy) is 8. The molecule has 596 valence electrons. The van der Waals surface area contributed by atoms with Gasteiger partial charge in [0.2, 0.25) is 0 Å². The van der Waals surface area contributed by atoms with Gasteiger partial charge in [0.05, 0.1) is 34.0 Å². The summed E-state index contributed by atoms with van der Waals surface area (Å²) in [7, 11) is 5.71. The molecule has 0 aliphatic rings. The van der Waals surface area contributed by atoms with Crippen LogP contribution in [0.5, 0.6) is 40.2 Å². The summed E-state index contributed by atoms with van der Waals surface area (Å²) in [6, 6.07) is 51.9. The second-order valence-electron chi connectivity index (χ2n) is 29.4. The van der Waals surface area contributed by atoms with Gasteiger partial charge in [-0.1, -0.05) is 159 Å². The van der Waals surface area contributed by atoms with E-state index in [4.69, 9.17) is 37.9 Å². The predicted molar refractivity (Wildman–Crippen MR) is 428 cm³/mol. The van der Waals surface area contributed by atoms with Gasteiger partial charge in [0.15, 0.2) is 51.6 Å². The number of carbonyl (C=O) groups is 6. The molecule has 6 N–H and O–H groups in total. The van der Waals surface area contributed by atoms with Crippen LogP contribution in [0.25, 0.3) is 11.1 Å². The van der Waals surface area contributed by atoms with Crippen molar-refractivity contribution in [2.75, 3.05) is 35.0 Å². The average molecular weight is 1540 g/mol. The van der Waals surface area contributed by atoms with Crippen molar-refractivity contribution in [3.8, 4) is 51.4 Å². The quantitative estimate of drug-likeness (QED) is 0.0118. The minimum Gasteiger partial charge on any atom is -0.503 e. The molecule has 3 heterocycles. The minimum absolute atomic E-state index is 0.0437. The molecule has 0 spiro atoms. The first kappa shape index (κ1) is 85.2. The third-order valence-corrected chi connectivity index (χ3v) is 20.4. The first-order valence-electron chi connectivity index (χ1n) is 38.0. The summed E-state index contributed by atoms with van der Waals surface area (Å²) in [5, 5.41) is 40.0. The molecule has 0 aliphatic carbocycles. The van der Waals surface area contributed by atoms with E-state index in [1.54, 1.807) is 21.0 Å². The average Bonchev–Trinajstić information content (AvgIpc) is 0.657. The number of aromatic nitrogens is 3. The number of pyridine rings is 3. The first-order chi connectivity index (χ1) is 54.2. The van der Waals surface area contributed by atoms with Gasteiger partial charge in [-0.15, -0.1) is 0 Å². The molecular weight excluding hydrogens is 1440 g/mol. The lowest BCUT2D eigenvalue weighted by Gasteiger charge is -2.38. The molecule has 0 fully saturated rings. The van der Waals surface area contributed by atoms with E-state index in [2.05, 4.69) is 91.6 Å². The summed E-state index contributed by atoms with van der Waals surface area (Å²) in [6.45, 7) is 16.5. The maximum Gasteiger partial charge on any atom is 0.329 e. The second-order valence-corrected chi connectivity index (χ2v) is 29.4. The summed E-state index contributed by atoms with van der Waals surface area (Å²) < 4.78 is 46.9. The molecule has 0 saturated carbocycles. The number of aryl methyl sites for hydroxylation is 1. The Morgan fingerprint density at radius 3 is 1.26 bits per heavy atom. The zero-order valence-electron chi connectivity index (χ0n) is 66.4. The fourth-order valence-electron chi connectivity index (χ4n) is 13.9. The molecule has 4 unspecified atom stereocenters. The molecule has 9 rings (SSSR count). The molecule has 23 nitrogen and oxygen atoms in total. The lowest BCUT2D eigenvalue weighted by molar-refractivity contribution is -0.161. The third-order valence-electron chi connectivity index (χ3n) is 20.4. The van der Waals surface area contributed by atoms with Gasteiger partial charge in [-0.3, -0.25) is 14.4 Å². The van der Waals surface area contributed by atoms with Crippen LogP contribution in [0.3, 0.4) is 0 Å². The summed E-state index contributed by atoms with van der Waals surface area (Å²) in [5.41, 5.74) is 8.28. The lowest BCUT2D eigenvalue weighted by atomic mass is 9.81. The number of carbonyl (C=O) groups excluding carboxylic acids is 6. The van der Waals surface area contributed by atoms with Crippen LogP contribution in [0.1, 0.15) is 145 Å². The summed E-state index contributed by atoms with van der Waals surface area (Å²) in [4.78, 5) is 94.4. The van der Waals surface area contributed by atoms with Crippen molar-refractivity contribution >= 4 is 35.6 Å². The highest BCUT2D eigenvalue weighted by atomic mass is 16.6. The Labute approximate surface area is 661 Å². The normalized spacial score (nSPS) is 13.8. The predicted octanol–water partition coefficient (Wildman–Crippen LogP) is 13.6.